The van der Waals surface area contributed by atoms with Crippen LogP contribution in [0.25, 0.3) is 0 Å². The number of amides is 2. The monoisotopic (exact) mass is 536 g/mol. The van der Waals surface area contributed by atoms with Crippen LogP contribution in [0.3, 0.4) is 0 Å². The summed E-state index contributed by atoms with van der Waals surface area (Å²) < 4.78 is 83.5. The van der Waals surface area contributed by atoms with E-state index in [1.165, 1.54) is 0 Å². The number of carbonyl (C=O) groups is 1. The van der Waals surface area contributed by atoms with Crippen LogP contribution in [0.15, 0.2) is 30.3 Å². The normalized spacial score (nSPS) is 11.7. The number of alkyl halides is 6. The summed E-state index contributed by atoms with van der Waals surface area (Å²) in [7, 11) is 0. The highest BCUT2D eigenvalue weighted by Crippen LogP contribution is 2.23. The van der Waals surface area contributed by atoms with E-state index >= 15 is 0 Å². The van der Waals surface area contributed by atoms with Crippen LogP contribution in [0.1, 0.15) is 0 Å². The number of hydrogen-bond acceptors (Lipinski definition) is 5. The number of carbonyl (C=O) groups excluding carboxylic acids is 1. The summed E-state index contributed by atoms with van der Waals surface area (Å²) in [6.07, 6.45) is -9.43. The lowest BCUT2D eigenvalue weighted by Crippen LogP contribution is -2.23. The van der Waals surface area contributed by atoms with Crippen molar-refractivity contribution in [3.8, 4) is 11.8 Å². The van der Waals surface area contributed by atoms with Crippen LogP contribution in [0.2, 0.25) is 0 Å². The van der Waals surface area contributed by atoms with Crippen LogP contribution in [0, 0.1) is 3.57 Å². The van der Waals surface area contributed by atoms with Gasteiger partial charge in [0.25, 0.3) is 0 Å². The molecule has 14 heteroatoms. The van der Waals surface area contributed by atoms with E-state index in [2.05, 4.69) is 30.1 Å². The maximum atomic E-state index is 12.3. The number of hydrogen-bond donors (Lipinski definition) is 2. The van der Waals surface area contributed by atoms with Crippen LogP contribution in [-0.2, 0) is 0 Å². The number of nitrogens with one attached hydrogen (secondary N) is 2. The maximum Gasteiger partial charge on any atom is 0.422 e. The molecule has 2 rings (SSSR count). The minimum absolute atomic E-state index is 0.376. The van der Waals surface area contributed by atoms with Gasteiger partial charge in [-0.1, -0.05) is 0 Å². The van der Waals surface area contributed by atoms with Crippen LogP contribution < -0.4 is 20.1 Å². The molecule has 0 spiro atoms. The molecule has 7 nitrogen and oxygen atoms in total. The number of aromatic nitrogens is 2. The number of urea groups is 1. The molecule has 1 heterocycles. The highest BCUT2D eigenvalue weighted by atomic mass is 127. The number of halogens is 7. The zero-order chi connectivity index (χ0) is 21.7. The molecule has 0 unspecified atom stereocenters. The van der Waals surface area contributed by atoms with Gasteiger partial charge in [0, 0.05) is 9.26 Å². The maximum absolute atomic E-state index is 12.3. The minimum atomic E-state index is -4.71. The van der Waals surface area contributed by atoms with Gasteiger partial charge in [0.15, 0.2) is 13.2 Å². The Kier molecular flexibility index (Phi) is 7.32. The molecule has 158 valence electrons. The number of ether oxygens (including phenoxy) is 2. The predicted octanol–water partition coefficient (Wildman–Crippen LogP) is 4.61. The molecule has 2 N–H and O–H groups in total. The van der Waals surface area contributed by atoms with Crippen molar-refractivity contribution < 1.29 is 40.6 Å². The van der Waals surface area contributed by atoms with Gasteiger partial charge >= 0.3 is 18.4 Å². The molecule has 1 aromatic heterocycles. The van der Waals surface area contributed by atoms with Crippen molar-refractivity contribution in [2.75, 3.05) is 23.8 Å². The molecule has 0 aliphatic rings. The van der Waals surface area contributed by atoms with Crippen molar-refractivity contribution in [3.63, 3.8) is 0 Å². The molecular formula is C15H11F6IN4O3. The van der Waals surface area contributed by atoms with Crippen molar-refractivity contribution in [1.29, 1.82) is 0 Å². The third-order valence-electron chi connectivity index (χ3n) is 2.77. The fourth-order valence-corrected chi connectivity index (χ4v) is 2.08. The first-order valence-corrected chi connectivity index (χ1v) is 8.59. The second kappa shape index (κ2) is 9.32. The summed E-state index contributed by atoms with van der Waals surface area (Å²) >= 11 is 2.05. The molecule has 0 fully saturated rings. The average Bonchev–Trinajstić information content (AvgIpc) is 2.59. The first-order chi connectivity index (χ1) is 13.4. The summed E-state index contributed by atoms with van der Waals surface area (Å²) in [5.41, 5.74) is 0.376. The SMILES string of the molecule is O=C(Nc1ccc(I)cc1)Nc1nc(OCC(F)(F)F)cc(OCC(F)(F)F)n1. The Morgan fingerprint density at radius 2 is 1.38 bits per heavy atom. The fourth-order valence-electron chi connectivity index (χ4n) is 1.72. The summed E-state index contributed by atoms with van der Waals surface area (Å²) in [5.74, 6) is -2.09. The molecule has 2 amide bonds. The molecule has 29 heavy (non-hydrogen) atoms. The molecule has 1 aromatic carbocycles. The van der Waals surface area contributed by atoms with E-state index in [-0.39, 0.29) is 0 Å². The first-order valence-electron chi connectivity index (χ1n) is 7.51. The Balaban J connectivity index is 2.14. The summed E-state index contributed by atoms with van der Waals surface area (Å²) in [6, 6.07) is 6.29. The molecule has 0 aliphatic heterocycles. The van der Waals surface area contributed by atoms with E-state index in [0.717, 1.165) is 3.57 Å². The Labute approximate surface area is 172 Å². The van der Waals surface area contributed by atoms with Crippen molar-refractivity contribution in [2.45, 2.75) is 12.4 Å². The smallest absolute Gasteiger partial charge is 0.422 e. The molecule has 0 radical (unpaired) electrons. The molecule has 0 saturated heterocycles. The van der Waals surface area contributed by atoms with Crippen LogP contribution in [0.5, 0.6) is 11.8 Å². The van der Waals surface area contributed by atoms with E-state index in [9.17, 15) is 31.1 Å². The summed E-state index contributed by atoms with van der Waals surface area (Å²) in [5, 5.41) is 4.48. The molecule has 0 aliphatic carbocycles. The van der Waals surface area contributed by atoms with Gasteiger partial charge in [0.1, 0.15) is 0 Å². The number of nitrogens with zero attached hydrogens (tertiary/aromatic N) is 2. The second-order valence-corrected chi connectivity index (χ2v) is 6.51. The standard InChI is InChI=1S/C15H11F6IN4O3/c16-14(17,18)6-28-10-5-11(29-7-15(19,20)21)25-12(24-10)26-13(27)23-9-3-1-8(22)2-4-9/h1-5H,6-7H2,(H2,23,24,25,26,27). The lowest BCUT2D eigenvalue weighted by atomic mass is 10.3. The lowest BCUT2D eigenvalue weighted by molar-refractivity contribution is -0.154. The number of rotatable bonds is 6. The van der Waals surface area contributed by atoms with Gasteiger partial charge in [0.2, 0.25) is 17.7 Å². The van der Waals surface area contributed by atoms with Gasteiger partial charge < -0.3 is 14.8 Å². The van der Waals surface area contributed by atoms with Crippen LogP contribution >= 0.6 is 22.6 Å². The molecular weight excluding hydrogens is 525 g/mol. The van der Waals surface area contributed by atoms with Gasteiger partial charge in [-0.25, -0.2) is 4.79 Å². The Hall–Kier alpha value is -2.52. The third-order valence-corrected chi connectivity index (χ3v) is 3.49. The molecule has 0 atom stereocenters. The quantitative estimate of drug-likeness (QED) is 0.417. The second-order valence-electron chi connectivity index (χ2n) is 5.26. The van der Waals surface area contributed by atoms with E-state index in [4.69, 9.17) is 0 Å². The molecule has 0 bridgehead atoms. The Morgan fingerprint density at radius 3 is 1.83 bits per heavy atom. The third kappa shape index (κ3) is 9.01. The van der Waals surface area contributed by atoms with Gasteiger partial charge in [-0.15, -0.1) is 0 Å². The van der Waals surface area contributed by atoms with E-state index < -0.39 is 49.3 Å². The van der Waals surface area contributed by atoms with Crippen molar-refractivity contribution >= 4 is 40.3 Å². The zero-order valence-electron chi connectivity index (χ0n) is 14.1. The van der Waals surface area contributed by atoms with Crippen molar-refractivity contribution in [3.05, 3.63) is 33.9 Å². The first kappa shape index (κ1) is 22.8. The van der Waals surface area contributed by atoms with Gasteiger partial charge in [-0.2, -0.15) is 36.3 Å². The van der Waals surface area contributed by atoms with Crippen molar-refractivity contribution in [1.82, 2.24) is 9.97 Å². The minimum Gasteiger partial charge on any atom is -0.468 e. The van der Waals surface area contributed by atoms with E-state index in [1.807, 2.05) is 22.6 Å². The van der Waals surface area contributed by atoms with Gasteiger partial charge in [0.05, 0.1) is 6.07 Å². The van der Waals surface area contributed by atoms with Crippen LogP contribution in [-0.4, -0.2) is 41.6 Å². The molecule has 0 saturated carbocycles. The highest BCUT2D eigenvalue weighted by Gasteiger charge is 2.30. The fraction of sp³-hybridized carbons (Fsp3) is 0.267. The summed E-state index contributed by atoms with van der Waals surface area (Å²) in [4.78, 5) is 19.0. The largest absolute Gasteiger partial charge is 0.468 e. The zero-order valence-corrected chi connectivity index (χ0v) is 16.2. The van der Waals surface area contributed by atoms with Gasteiger partial charge in [-0.05, 0) is 46.9 Å². The Morgan fingerprint density at radius 1 is 0.897 bits per heavy atom. The van der Waals surface area contributed by atoms with Crippen LogP contribution in [0.4, 0.5) is 42.8 Å². The van der Waals surface area contributed by atoms with E-state index in [0.29, 0.717) is 11.8 Å². The number of anilines is 2. The Bertz CT molecular complexity index is 809. The predicted molar refractivity (Wildman–Crippen MR) is 96.9 cm³/mol. The molecule has 2 aromatic rings. The van der Waals surface area contributed by atoms with Crippen molar-refractivity contribution in [2.24, 2.45) is 0 Å². The topological polar surface area (TPSA) is 85.4 Å². The lowest BCUT2D eigenvalue weighted by Gasteiger charge is -2.13. The van der Waals surface area contributed by atoms with E-state index in [1.54, 1.807) is 24.3 Å². The highest BCUT2D eigenvalue weighted by molar-refractivity contribution is 14.1. The van der Waals surface area contributed by atoms with Gasteiger partial charge in [-0.3, -0.25) is 5.32 Å². The summed E-state index contributed by atoms with van der Waals surface area (Å²) in [6.45, 7) is -3.51. The number of benzene rings is 1. The average molecular weight is 536 g/mol.